The molecule has 3 rings (SSSR count). The zero-order valence-electron chi connectivity index (χ0n) is 21.1. The van der Waals surface area contributed by atoms with E-state index in [1.807, 2.05) is 73.2 Å². The van der Waals surface area contributed by atoms with Crippen molar-refractivity contribution in [3.63, 3.8) is 0 Å². The van der Waals surface area contributed by atoms with Crippen molar-refractivity contribution < 1.29 is 9.90 Å². The molecule has 0 atom stereocenters. The predicted molar refractivity (Wildman–Crippen MR) is 142 cm³/mol. The number of nitrogens with zero attached hydrogens (tertiary/aromatic N) is 3. The maximum atomic E-state index is 12.2. The van der Waals surface area contributed by atoms with Gasteiger partial charge >= 0.3 is 5.97 Å². The molecule has 0 amide bonds. The Morgan fingerprint density at radius 2 is 1.00 bits per heavy atom. The predicted octanol–water partition coefficient (Wildman–Crippen LogP) is 5.79. The van der Waals surface area contributed by atoms with Crippen LogP contribution in [-0.2, 0) is 0 Å². The molecule has 0 unspecified atom stereocenters. The third kappa shape index (κ3) is 6.07. The smallest absolute Gasteiger partial charge is 0.336 e. The van der Waals surface area contributed by atoms with Crippen molar-refractivity contribution in [2.24, 2.45) is 0 Å². The van der Waals surface area contributed by atoms with Crippen molar-refractivity contribution in [2.45, 2.75) is 19.8 Å². The van der Waals surface area contributed by atoms with E-state index in [1.54, 1.807) is 6.07 Å². The molecule has 0 aliphatic rings. The molecule has 0 heterocycles. The van der Waals surface area contributed by atoms with Crippen LogP contribution in [0.25, 0.3) is 0 Å². The molecule has 33 heavy (non-hydrogen) atoms. The first kappa shape index (κ1) is 25.8. The zero-order chi connectivity index (χ0) is 24.7. The van der Waals surface area contributed by atoms with Gasteiger partial charge in [0.2, 0.25) is 0 Å². The SMILES string of the molecule is CC.CN(C)c1ccc(C(c2ccc(N(C)C)cc2)c2ccc(N(C)C)cc2C(=O)O)cc1. The Morgan fingerprint density at radius 1 is 0.636 bits per heavy atom. The Kier molecular flexibility index (Phi) is 8.92. The lowest BCUT2D eigenvalue weighted by atomic mass is 9.82. The summed E-state index contributed by atoms with van der Waals surface area (Å²) in [5.41, 5.74) is 6.30. The van der Waals surface area contributed by atoms with Gasteiger partial charge in [0, 0.05) is 65.3 Å². The number of rotatable bonds is 7. The van der Waals surface area contributed by atoms with Gasteiger partial charge in [-0.2, -0.15) is 0 Å². The van der Waals surface area contributed by atoms with Gasteiger partial charge in [0.25, 0.3) is 0 Å². The van der Waals surface area contributed by atoms with Gasteiger partial charge in [0.1, 0.15) is 0 Å². The van der Waals surface area contributed by atoms with E-state index in [0.29, 0.717) is 5.56 Å². The molecule has 3 aromatic rings. The van der Waals surface area contributed by atoms with E-state index < -0.39 is 5.97 Å². The number of anilines is 3. The summed E-state index contributed by atoms with van der Waals surface area (Å²) in [4.78, 5) is 18.2. The van der Waals surface area contributed by atoms with Gasteiger partial charge in [0.05, 0.1) is 5.56 Å². The van der Waals surface area contributed by atoms with Gasteiger partial charge in [-0.1, -0.05) is 44.2 Å². The highest BCUT2D eigenvalue weighted by Gasteiger charge is 2.23. The van der Waals surface area contributed by atoms with Crippen LogP contribution in [0.4, 0.5) is 17.1 Å². The highest BCUT2D eigenvalue weighted by Crippen LogP contribution is 2.36. The Morgan fingerprint density at radius 3 is 1.33 bits per heavy atom. The van der Waals surface area contributed by atoms with Crippen molar-refractivity contribution in [3.05, 3.63) is 89.0 Å². The lowest BCUT2D eigenvalue weighted by Gasteiger charge is -2.24. The number of aromatic carboxylic acids is 1. The molecule has 0 spiro atoms. The largest absolute Gasteiger partial charge is 0.478 e. The van der Waals surface area contributed by atoms with E-state index in [-0.39, 0.29) is 5.92 Å². The third-order valence-corrected chi connectivity index (χ3v) is 5.58. The molecular formula is C28H37N3O2. The number of hydrogen-bond donors (Lipinski definition) is 1. The molecule has 3 aromatic carbocycles. The van der Waals surface area contributed by atoms with Crippen molar-refractivity contribution in [3.8, 4) is 0 Å². The van der Waals surface area contributed by atoms with Gasteiger partial charge < -0.3 is 19.8 Å². The second-order valence-corrected chi connectivity index (χ2v) is 8.38. The van der Waals surface area contributed by atoms with Crippen LogP contribution >= 0.6 is 0 Å². The van der Waals surface area contributed by atoms with Gasteiger partial charge in [-0.25, -0.2) is 4.79 Å². The monoisotopic (exact) mass is 447 g/mol. The summed E-state index contributed by atoms with van der Waals surface area (Å²) in [6.07, 6.45) is 0. The lowest BCUT2D eigenvalue weighted by molar-refractivity contribution is 0.0695. The summed E-state index contributed by atoms with van der Waals surface area (Å²) < 4.78 is 0. The first-order valence-electron chi connectivity index (χ1n) is 11.3. The van der Waals surface area contributed by atoms with E-state index in [1.165, 1.54) is 0 Å². The van der Waals surface area contributed by atoms with Crippen LogP contribution in [-0.4, -0.2) is 53.4 Å². The Bertz CT molecular complexity index is 988. The molecule has 0 bridgehead atoms. The molecule has 0 radical (unpaired) electrons. The molecule has 0 fully saturated rings. The standard InChI is InChI=1S/C26H31N3O2.C2H6/c1-27(2)20-11-7-18(8-12-20)25(19-9-13-21(14-10-19)28(3)4)23-16-15-22(29(5)6)17-24(23)26(30)31;1-2/h7-17,25H,1-6H3,(H,30,31);1-2H3. The lowest BCUT2D eigenvalue weighted by Crippen LogP contribution is -2.14. The molecule has 1 N–H and O–H groups in total. The van der Waals surface area contributed by atoms with E-state index in [4.69, 9.17) is 0 Å². The molecule has 5 heteroatoms. The average Bonchev–Trinajstić information content (AvgIpc) is 2.81. The molecule has 0 aliphatic heterocycles. The summed E-state index contributed by atoms with van der Waals surface area (Å²) in [6.45, 7) is 4.00. The summed E-state index contributed by atoms with van der Waals surface area (Å²) in [6, 6.07) is 22.3. The minimum atomic E-state index is -0.918. The van der Waals surface area contributed by atoms with Crippen LogP contribution in [0.15, 0.2) is 66.7 Å². The van der Waals surface area contributed by atoms with Crippen LogP contribution in [0.5, 0.6) is 0 Å². The maximum Gasteiger partial charge on any atom is 0.336 e. The highest BCUT2D eigenvalue weighted by atomic mass is 16.4. The maximum absolute atomic E-state index is 12.2. The third-order valence-electron chi connectivity index (χ3n) is 5.58. The molecule has 0 saturated heterocycles. The van der Waals surface area contributed by atoms with Crippen LogP contribution in [0, 0.1) is 0 Å². The summed E-state index contributed by atoms with van der Waals surface area (Å²) in [5, 5.41) is 10.0. The van der Waals surface area contributed by atoms with Crippen molar-refractivity contribution in [2.75, 3.05) is 57.0 Å². The number of benzene rings is 3. The van der Waals surface area contributed by atoms with Crippen molar-refractivity contribution in [1.29, 1.82) is 0 Å². The van der Waals surface area contributed by atoms with Crippen molar-refractivity contribution >= 4 is 23.0 Å². The summed E-state index contributed by atoms with van der Waals surface area (Å²) in [5.74, 6) is -1.10. The van der Waals surface area contributed by atoms with Gasteiger partial charge in [0.15, 0.2) is 0 Å². The number of hydrogen-bond acceptors (Lipinski definition) is 4. The van der Waals surface area contributed by atoms with Crippen LogP contribution in [0.3, 0.4) is 0 Å². The van der Waals surface area contributed by atoms with Gasteiger partial charge in [-0.15, -0.1) is 0 Å². The first-order chi connectivity index (χ1) is 15.7. The Balaban J connectivity index is 0.00000187. The fourth-order valence-corrected chi connectivity index (χ4v) is 3.74. The normalized spacial score (nSPS) is 10.3. The van der Waals surface area contributed by atoms with E-state index in [0.717, 1.165) is 33.8 Å². The summed E-state index contributed by atoms with van der Waals surface area (Å²) >= 11 is 0. The summed E-state index contributed by atoms with van der Waals surface area (Å²) in [7, 11) is 11.9. The molecular weight excluding hydrogens is 410 g/mol. The minimum Gasteiger partial charge on any atom is -0.478 e. The number of carboxylic acids is 1. The van der Waals surface area contributed by atoms with Gasteiger partial charge in [-0.3, -0.25) is 0 Å². The van der Waals surface area contributed by atoms with Crippen LogP contribution < -0.4 is 14.7 Å². The van der Waals surface area contributed by atoms with Gasteiger partial charge in [-0.05, 0) is 53.1 Å². The molecule has 0 saturated carbocycles. The molecule has 176 valence electrons. The Hall–Kier alpha value is -3.47. The minimum absolute atomic E-state index is 0.185. The Labute approximate surface area is 198 Å². The van der Waals surface area contributed by atoms with Crippen molar-refractivity contribution in [1.82, 2.24) is 0 Å². The fourth-order valence-electron chi connectivity index (χ4n) is 3.74. The van der Waals surface area contributed by atoms with E-state index in [2.05, 4.69) is 58.3 Å². The second-order valence-electron chi connectivity index (χ2n) is 8.38. The van der Waals surface area contributed by atoms with E-state index >= 15 is 0 Å². The number of carbonyl (C=O) groups is 1. The zero-order valence-corrected chi connectivity index (χ0v) is 21.1. The second kappa shape index (κ2) is 11.4. The molecule has 5 nitrogen and oxygen atoms in total. The molecule has 0 aliphatic carbocycles. The average molecular weight is 448 g/mol. The fraction of sp³-hybridized carbons (Fsp3) is 0.321. The highest BCUT2D eigenvalue weighted by molar-refractivity contribution is 5.91. The van der Waals surface area contributed by atoms with E-state index in [9.17, 15) is 9.90 Å². The topological polar surface area (TPSA) is 47.0 Å². The molecule has 0 aromatic heterocycles. The van der Waals surface area contributed by atoms with Crippen LogP contribution in [0.1, 0.15) is 46.8 Å². The first-order valence-corrected chi connectivity index (χ1v) is 11.3. The number of carboxylic acid groups (broad SMARTS) is 1. The van der Waals surface area contributed by atoms with Crippen LogP contribution in [0.2, 0.25) is 0 Å². The quantitative estimate of drug-likeness (QED) is 0.465.